The third-order valence-electron chi connectivity index (χ3n) is 3.97. The summed E-state index contributed by atoms with van der Waals surface area (Å²) < 4.78 is 0. The number of carbonyl (C=O) groups is 2. The molecule has 1 saturated heterocycles. The fraction of sp³-hybridized carbons (Fsp3) is 0.625. The van der Waals surface area contributed by atoms with Crippen molar-refractivity contribution < 1.29 is 14.7 Å². The number of aryl methyl sites for hydroxylation is 2. The van der Waals surface area contributed by atoms with E-state index in [2.05, 4.69) is 19.1 Å². The van der Waals surface area contributed by atoms with Crippen LogP contribution in [0.4, 0.5) is 0 Å². The lowest BCUT2D eigenvalue weighted by atomic mass is 9.90. The molecule has 1 aliphatic rings. The molecular weight excluding hydrogens is 286 g/mol. The van der Waals surface area contributed by atoms with Crippen LogP contribution >= 0.6 is 11.3 Å². The van der Waals surface area contributed by atoms with Gasteiger partial charge in [0, 0.05) is 29.3 Å². The Bertz CT molecular complexity index is 511. The van der Waals surface area contributed by atoms with Gasteiger partial charge in [0.15, 0.2) is 0 Å². The molecule has 0 aromatic carbocycles. The average molecular weight is 309 g/mol. The highest BCUT2D eigenvalue weighted by atomic mass is 32.1. The van der Waals surface area contributed by atoms with Crippen LogP contribution in [0.2, 0.25) is 0 Å². The lowest BCUT2D eigenvalue weighted by molar-refractivity contribution is -0.146. The van der Waals surface area contributed by atoms with E-state index < -0.39 is 11.9 Å². The molecule has 2 heterocycles. The number of carbonyl (C=O) groups excluding carboxylic acids is 1. The summed E-state index contributed by atoms with van der Waals surface area (Å²) in [4.78, 5) is 27.7. The molecule has 1 fully saturated rings. The van der Waals surface area contributed by atoms with Crippen molar-refractivity contribution >= 4 is 23.2 Å². The maximum absolute atomic E-state index is 12.2. The minimum atomic E-state index is -0.784. The second-order valence-corrected chi connectivity index (χ2v) is 7.41. The van der Waals surface area contributed by atoms with Crippen LogP contribution in [-0.2, 0) is 16.0 Å². The molecule has 0 spiro atoms. The molecule has 0 saturated carbocycles. The molecule has 0 bridgehead atoms. The number of hydrogen-bond donors (Lipinski definition) is 1. The molecular formula is C16H23NO3S. The number of hydrogen-bond acceptors (Lipinski definition) is 3. The number of carboxylic acids is 1. The zero-order valence-electron chi connectivity index (χ0n) is 12.7. The van der Waals surface area contributed by atoms with E-state index in [0.29, 0.717) is 25.9 Å². The first kappa shape index (κ1) is 16.0. The van der Waals surface area contributed by atoms with Gasteiger partial charge in [-0.1, -0.05) is 6.92 Å². The van der Waals surface area contributed by atoms with Gasteiger partial charge in [0.05, 0.1) is 5.92 Å². The predicted octanol–water partition coefficient (Wildman–Crippen LogP) is 2.95. The van der Waals surface area contributed by atoms with Crippen LogP contribution in [0.5, 0.6) is 0 Å². The molecule has 5 heteroatoms. The van der Waals surface area contributed by atoms with E-state index >= 15 is 0 Å². The summed E-state index contributed by atoms with van der Waals surface area (Å²) in [7, 11) is 0. The van der Waals surface area contributed by atoms with Crippen molar-refractivity contribution in [3.63, 3.8) is 0 Å². The molecule has 2 rings (SSSR count). The normalized spacial score (nSPS) is 22.3. The molecule has 1 aromatic heterocycles. The maximum Gasteiger partial charge on any atom is 0.308 e. The number of piperidine rings is 1. The van der Waals surface area contributed by atoms with Gasteiger partial charge >= 0.3 is 5.97 Å². The lowest BCUT2D eigenvalue weighted by Crippen LogP contribution is -2.45. The van der Waals surface area contributed by atoms with Crippen LogP contribution in [0, 0.1) is 18.8 Å². The van der Waals surface area contributed by atoms with Crippen LogP contribution in [0.25, 0.3) is 0 Å². The number of rotatable bonds is 5. The predicted molar refractivity (Wildman–Crippen MR) is 83.5 cm³/mol. The molecule has 1 aliphatic heterocycles. The maximum atomic E-state index is 12.2. The fourth-order valence-corrected chi connectivity index (χ4v) is 3.86. The summed E-state index contributed by atoms with van der Waals surface area (Å²) in [6.07, 6.45) is 2.95. The second kappa shape index (κ2) is 7.07. The number of aliphatic carboxylic acids is 1. The number of nitrogens with zero attached hydrogens (tertiary/aromatic N) is 1. The Morgan fingerprint density at radius 3 is 2.76 bits per heavy atom. The van der Waals surface area contributed by atoms with E-state index in [1.807, 2.05) is 6.92 Å². The van der Waals surface area contributed by atoms with Gasteiger partial charge in [0.25, 0.3) is 0 Å². The zero-order chi connectivity index (χ0) is 15.4. The third kappa shape index (κ3) is 4.56. The van der Waals surface area contributed by atoms with Crippen LogP contribution < -0.4 is 0 Å². The standard InChI is InChI=1S/C16H23NO3S/c1-11-8-13(16(19)20)10-17(9-11)15(18)5-3-4-14-7-6-12(2)21-14/h6-7,11,13H,3-5,8-10H2,1-2H3,(H,19,20). The Morgan fingerprint density at radius 1 is 1.38 bits per heavy atom. The zero-order valence-corrected chi connectivity index (χ0v) is 13.5. The summed E-state index contributed by atoms with van der Waals surface area (Å²) in [6, 6.07) is 4.22. The van der Waals surface area contributed by atoms with Crippen LogP contribution in [0.3, 0.4) is 0 Å². The van der Waals surface area contributed by atoms with Crippen LogP contribution in [0.15, 0.2) is 12.1 Å². The molecule has 1 N–H and O–H groups in total. The summed E-state index contributed by atoms with van der Waals surface area (Å²) in [5.74, 6) is -0.823. The van der Waals surface area contributed by atoms with E-state index in [0.717, 1.165) is 12.8 Å². The SMILES string of the molecule is Cc1ccc(CCCC(=O)N2CC(C)CC(C(=O)O)C2)s1. The summed E-state index contributed by atoms with van der Waals surface area (Å²) in [5.41, 5.74) is 0. The molecule has 1 amide bonds. The van der Waals surface area contributed by atoms with E-state index in [1.54, 1.807) is 16.2 Å². The Labute approximate surface area is 129 Å². The minimum Gasteiger partial charge on any atom is -0.481 e. The Morgan fingerprint density at radius 2 is 2.14 bits per heavy atom. The Hall–Kier alpha value is -1.36. The van der Waals surface area contributed by atoms with Gasteiger partial charge in [-0.2, -0.15) is 0 Å². The first-order valence-corrected chi connectivity index (χ1v) is 8.33. The highest BCUT2D eigenvalue weighted by Gasteiger charge is 2.31. The van der Waals surface area contributed by atoms with E-state index in [4.69, 9.17) is 5.11 Å². The van der Waals surface area contributed by atoms with Gasteiger partial charge in [0.1, 0.15) is 0 Å². The lowest BCUT2D eigenvalue weighted by Gasteiger charge is -2.34. The molecule has 2 unspecified atom stereocenters. The number of carboxylic acid groups (broad SMARTS) is 1. The topological polar surface area (TPSA) is 57.6 Å². The third-order valence-corrected chi connectivity index (χ3v) is 5.03. The van der Waals surface area contributed by atoms with Crippen molar-refractivity contribution in [1.82, 2.24) is 4.90 Å². The van der Waals surface area contributed by atoms with Gasteiger partial charge in [-0.3, -0.25) is 9.59 Å². The number of amides is 1. The molecule has 0 aliphatic carbocycles. The highest BCUT2D eigenvalue weighted by molar-refractivity contribution is 7.11. The first-order valence-electron chi connectivity index (χ1n) is 7.51. The van der Waals surface area contributed by atoms with Gasteiger partial charge in [0.2, 0.25) is 5.91 Å². The van der Waals surface area contributed by atoms with Crippen LogP contribution in [-0.4, -0.2) is 35.0 Å². The summed E-state index contributed by atoms with van der Waals surface area (Å²) in [5, 5.41) is 9.15. The smallest absolute Gasteiger partial charge is 0.308 e. The second-order valence-electron chi connectivity index (χ2n) is 6.04. The molecule has 4 nitrogen and oxygen atoms in total. The summed E-state index contributed by atoms with van der Waals surface area (Å²) >= 11 is 1.78. The van der Waals surface area contributed by atoms with Gasteiger partial charge in [-0.15, -0.1) is 11.3 Å². The van der Waals surface area contributed by atoms with Crippen molar-refractivity contribution in [2.45, 2.75) is 39.5 Å². The Balaban J connectivity index is 1.80. The quantitative estimate of drug-likeness (QED) is 0.910. The van der Waals surface area contributed by atoms with Crippen molar-refractivity contribution in [3.05, 3.63) is 21.9 Å². The molecule has 2 atom stereocenters. The van der Waals surface area contributed by atoms with Crippen molar-refractivity contribution in [3.8, 4) is 0 Å². The molecule has 116 valence electrons. The summed E-state index contributed by atoms with van der Waals surface area (Å²) in [6.45, 7) is 5.17. The van der Waals surface area contributed by atoms with Crippen LogP contribution in [0.1, 0.15) is 35.9 Å². The minimum absolute atomic E-state index is 0.0982. The fourth-order valence-electron chi connectivity index (χ4n) is 2.93. The number of thiophene rings is 1. The number of likely N-dealkylation sites (tertiary alicyclic amines) is 1. The van der Waals surface area contributed by atoms with Gasteiger partial charge in [-0.05, 0) is 44.2 Å². The van der Waals surface area contributed by atoms with Gasteiger partial charge in [-0.25, -0.2) is 0 Å². The van der Waals surface area contributed by atoms with Gasteiger partial charge < -0.3 is 10.0 Å². The van der Waals surface area contributed by atoms with E-state index in [-0.39, 0.29) is 11.8 Å². The molecule has 0 radical (unpaired) electrons. The van der Waals surface area contributed by atoms with E-state index in [1.165, 1.54) is 9.75 Å². The monoisotopic (exact) mass is 309 g/mol. The first-order chi connectivity index (χ1) is 9.95. The van der Waals surface area contributed by atoms with Crippen molar-refractivity contribution in [2.75, 3.05) is 13.1 Å². The largest absolute Gasteiger partial charge is 0.481 e. The van der Waals surface area contributed by atoms with Crippen molar-refractivity contribution in [2.24, 2.45) is 11.8 Å². The average Bonchev–Trinajstić information content (AvgIpc) is 2.83. The Kier molecular flexibility index (Phi) is 5.39. The molecule has 1 aromatic rings. The van der Waals surface area contributed by atoms with E-state index in [9.17, 15) is 9.59 Å². The molecule has 21 heavy (non-hydrogen) atoms. The van der Waals surface area contributed by atoms with Crippen molar-refractivity contribution in [1.29, 1.82) is 0 Å². The highest BCUT2D eigenvalue weighted by Crippen LogP contribution is 2.23.